The Bertz CT molecular complexity index is 1780. The van der Waals surface area contributed by atoms with Gasteiger partial charge in [-0.2, -0.15) is 0 Å². The van der Waals surface area contributed by atoms with Crippen molar-refractivity contribution < 1.29 is 85.3 Å². The zero-order chi connectivity index (χ0) is 55.7. The molecule has 0 fully saturated rings. The maximum atomic E-state index is 6.40. The van der Waals surface area contributed by atoms with E-state index in [4.69, 9.17) is 85.3 Å². The lowest BCUT2D eigenvalue weighted by atomic mass is 9.80. The molecule has 3 aromatic carbocycles. The van der Waals surface area contributed by atoms with Gasteiger partial charge < -0.3 is 85.3 Å². The Morgan fingerprint density at radius 2 is 0.500 bits per heavy atom. The van der Waals surface area contributed by atoms with E-state index in [1.165, 1.54) is 5.56 Å². The summed E-state index contributed by atoms with van der Waals surface area (Å²) >= 11 is 0. The smallest absolute Gasteiger partial charge is 0.165 e. The lowest BCUT2D eigenvalue weighted by molar-refractivity contribution is -0.0242. The maximum absolute atomic E-state index is 6.40. The van der Waals surface area contributed by atoms with E-state index < -0.39 is 0 Å². The van der Waals surface area contributed by atoms with Crippen LogP contribution in [0.25, 0.3) is 0 Å². The second-order valence-electron chi connectivity index (χ2n) is 19.7. The van der Waals surface area contributed by atoms with Gasteiger partial charge in [0.05, 0.1) is 211 Å². The van der Waals surface area contributed by atoms with E-state index in [1.807, 2.05) is 60.7 Å². The minimum atomic E-state index is -0.189. The fourth-order valence-corrected chi connectivity index (χ4v) is 6.87. The summed E-state index contributed by atoms with van der Waals surface area (Å²) in [6.07, 6.45) is 0. The highest BCUT2D eigenvalue weighted by Crippen LogP contribution is 2.42. The molecule has 0 saturated heterocycles. The van der Waals surface area contributed by atoms with Crippen molar-refractivity contribution in [2.45, 2.75) is 65.6 Å². The van der Waals surface area contributed by atoms with Gasteiger partial charge >= 0.3 is 0 Å². The first-order valence-electron chi connectivity index (χ1n) is 27.9. The fourth-order valence-electron chi connectivity index (χ4n) is 6.87. The first-order chi connectivity index (χ1) is 38.1. The molecular formula is C60H98O18. The highest BCUT2D eigenvalue weighted by Gasteiger charge is 2.27. The zero-order valence-corrected chi connectivity index (χ0v) is 48.3. The molecule has 18 heteroatoms. The second-order valence-corrected chi connectivity index (χ2v) is 19.7. The molecule has 0 aromatic heterocycles. The molecular weight excluding hydrogens is 1010 g/mol. The van der Waals surface area contributed by atoms with E-state index in [1.54, 1.807) is 0 Å². The third-order valence-corrected chi connectivity index (χ3v) is 11.1. The summed E-state index contributed by atoms with van der Waals surface area (Å²) in [5, 5.41) is 0. The summed E-state index contributed by atoms with van der Waals surface area (Å²) in [4.78, 5) is 0. The SMILES string of the molecule is CC(C)(C)c1cc(OCCOCCOCCOCCOCCOCCOCCOCCOCc2ccccc2)c(OCCOCCOCCOCCOCCOCCOCCOCCOCc2ccccc2)c(C(C)(C)C)c1. The molecule has 3 rings (SSSR count). The van der Waals surface area contributed by atoms with Gasteiger partial charge in [-0.05, 0) is 33.6 Å². The molecule has 0 aliphatic heterocycles. The molecule has 0 radical (unpaired) electrons. The average molecular weight is 1110 g/mol. The van der Waals surface area contributed by atoms with Gasteiger partial charge in [0.15, 0.2) is 11.5 Å². The van der Waals surface area contributed by atoms with Crippen LogP contribution < -0.4 is 9.47 Å². The van der Waals surface area contributed by atoms with Crippen molar-refractivity contribution in [3.8, 4) is 11.5 Å². The zero-order valence-electron chi connectivity index (χ0n) is 48.3. The van der Waals surface area contributed by atoms with Crippen LogP contribution in [0, 0.1) is 0 Å². The van der Waals surface area contributed by atoms with E-state index in [0.29, 0.717) is 230 Å². The van der Waals surface area contributed by atoms with Crippen LogP contribution in [-0.2, 0) is 99.8 Å². The molecule has 0 saturated carbocycles. The van der Waals surface area contributed by atoms with Gasteiger partial charge in [0.1, 0.15) is 13.2 Å². The van der Waals surface area contributed by atoms with Gasteiger partial charge in [-0.15, -0.1) is 0 Å². The van der Waals surface area contributed by atoms with E-state index in [9.17, 15) is 0 Å². The number of hydrogen-bond donors (Lipinski definition) is 0. The minimum absolute atomic E-state index is 0.0879. The van der Waals surface area contributed by atoms with Crippen molar-refractivity contribution in [1.82, 2.24) is 0 Å². The summed E-state index contributed by atoms with van der Waals surface area (Å²) in [7, 11) is 0. The Labute approximate surface area is 467 Å². The molecule has 0 bridgehead atoms. The standard InChI is InChI=1S/C60H98O18/c1-59(2,3)55-49-56(60(4,5)6)58(78-48-46-74-40-38-70-32-30-66-24-22-62-18-20-64-26-28-68-34-36-72-42-44-76-52-54-15-11-8-12-16-54)57(50-55)77-47-45-73-39-37-69-31-29-65-23-21-61-17-19-63-25-27-67-33-35-71-41-43-75-51-53-13-9-7-10-14-53/h7-16,49-50H,17-48,51-52H2,1-6H3. The van der Waals surface area contributed by atoms with Gasteiger partial charge in [-0.1, -0.05) is 108 Å². The monoisotopic (exact) mass is 1110 g/mol. The van der Waals surface area contributed by atoms with Crippen molar-refractivity contribution in [2.75, 3.05) is 211 Å². The van der Waals surface area contributed by atoms with Crippen LogP contribution in [-0.4, -0.2) is 211 Å². The third kappa shape index (κ3) is 38.3. The molecule has 0 aliphatic carbocycles. The highest BCUT2D eigenvalue weighted by atomic mass is 16.6. The Morgan fingerprint density at radius 1 is 0.256 bits per heavy atom. The lowest BCUT2D eigenvalue weighted by Crippen LogP contribution is -2.20. The van der Waals surface area contributed by atoms with Crippen LogP contribution in [0.2, 0.25) is 0 Å². The molecule has 3 aromatic rings. The van der Waals surface area contributed by atoms with Gasteiger partial charge in [0.25, 0.3) is 0 Å². The number of benzene rings is 3. The number of hydrogen-bond acceptors (Lipinski definition) is 18. The number of rotatable bonds is 54. The molecule has 0 unspecified atom stereocenters. The predicted octanol–water partition coefficient (Wildman–Crippen LogP) is 7.71. The average Bonchev–Trinajstić information content (AvgIpc) is 3.43. The van der Waals surface area contributed by atoms with Crippen molar-refractivity contribution >= 4 is 0 Å². The molecule has 0 N–H and O–H groups in total. The number of ether oxygens (including phenoxy) is 18. The van der Waals surface area contributed by atoms with Crippen molar-refractivity contribution in [1.29, 1.82) is 0 Å². The van der Waals surface area contributed by atoms with Crippen LogP contribution in [0.4, 0.5) is 0 Å². The van der Waals surface area contributed by atoms with E-state index in [0.717, 1.165) is 22.4 Å². The Kier molecular flexibility index (Phi) is 41.8. The van der Waals surface area contributed by atoms with Crippen LogP contribution in [0.3, 0.4) is 0 Å². The second kappa shape index (κ2) is 47.3. The Morgan fingerprint density at radius 3 is 0.756 bits per heavy atom. The van der Waals surface area contributed by atoms with E-state index in [-0.39, 0.29) is 10.8 Å². The van der Waals surface area contributed by atoms with Crippen LogP contribution >= 0.6 is 0 Å². The van der Waals surface area contributed by atoms with E-state index >= 15 is 0 Å². The Hall–Kier alpha value is -3.38. The summed E-state index contributed by atoms with van der Waals surface area (Å²) < 4.78 is 103. The normalized spacial score (nSPS) is 12.0. The minimum Gasteiger partial charge on any atom is -0.487 e. The van der Waals surface area contributed by atoms with Crippen molar-refractivity contribution in [3.05, 3.63) is 95.1 Å². The quantitative estimate of drug-likeness (QED) is 0.0504. The first kappa shape index (κ1) is 68.9. The summed E-state index contributed by atoms with van der Waals surface area (Å²) in [5.74, 6) is 1.42. The van der Waals surface area contributed by atoms with Gasteiger partial charge in [0, 0.05) is 5.56 Å². The summed E-state index contributed by atoms with van der Waals surface area (Å²) in [6, 6.07) is 24.5. The highest BCUT2D eigenvalue weighted by molar-refractivity contribution is 5.53. The lowest BCUT2D eigenvalue weighted by Gasteiger charge is -2.29. The molecule has 0 heterocycles. The molecule has 446 valence electrons. The first-order valence-corrected chi connectivity index (χ1v) is 27.9. The van der Waals surface area contributed by atoms with Crippen molar-refractivity contribution in [2.24, 2.45) is 0 Å². The van der Waals surface area contributed by atoms with E-state index in [2.05, 4.69) is 53.7 Å². The topological polar surface area (TPSA) is 166 Å². The molecule has 18 nitrogen and oxygen atoms in total. The van der Waals surface area contributed by atoms with Crippen LogP contribution in [0.15, 0.2) is 72.8 Å². The molecule has 0 aliphatic rings. The Balaban J connectivity index is 1.09. The molecule has 0 amide bonds. The van der Waals surface area contributed by atoms with Gasteiger partial charge in [-0.3, -0.25) is 0 Å². The summed E-state index contributed by atoms with van der Waals surface area (Å²) in [5.41, 5.74) is 4.28. The molecule has 0 atom stereocenters. The van der Waals surface area contributed by atoms with Crippen LogP contribution in [0.1, 0.15) is 63.8 Å². The van der Waals surface area contributed by atoms with Crippen LogP contribution in [0.5, 0.6) is 11.5 Å². The van der Waals surface area contributed by atoms with Gasteiger partial charge in [-0.25, -0.2) is 0 Å². The molecule has 0 spiro atoms. The maximum Gasteiger partial charge on any atom is 0.165 e. The van der Waals surface area contributed by atoms with Gasteiger partial charge in [0.2, 0.25) is 0 Å². The fraction of sp³-hybridized carbons (Fsp3) is 0.700. The molecule has 78 heavy (non-hydrogen) atoms. The third-order valence-electron chi connectivity index (χ3n) is 11.1. The summed E-state index contributed by atoms with van der Waals surface area (Å²) in [6.45, 7) is 29.7. The predicted molar refractivity (Wildman–Crippen MR) is 298 cm³/mol. The van der Waals surface area contributed by atoms with Crippen molar-refractivity contribution in [3.63, 3.8) is 0 Å². The largest absolute Gasteiger partial charge is 0.487 e.